The number of sulfone groups is 1. The minimum absolute atomic E-state index is 0.223. The summed E-state index contributed by atoms with van der Waals surface area (Å²) in [6, 6.07) is 7.19. The first-order valence-corrected chi connectivity index (χ1v) is 10.5. The number of nitrogens with zero attached hydrogens (tertiary/aromatic N) is 1. The van der Waals surface area contributed by atoms with Gasteiger partial charge in [0.05, 0.1) is 11.3 Å². The van der Waals surface area contributed by atoms with Gasteiger partial charge < -0.3 is 10.2 Å². The average Bonchev–Trinajstić information content (AvgIpc) is 3.10. The minimum atomic E-state index is -3.37. The Balaban J connectivity index is 1.78. The van der Waals surface area contributed by atoms with Gasteiger partial charge in [0.1, 0.15) is 5.75 Å². The van der Waals surface area contributed by atoms with E-state index in [-0.39, 0.29) is 17.2 Å². The monoisotopic (exact) mass is 370 g/mol. The fraction of sp³-hybridized carbons (Fsp3) is 0.588. The van der Waals surface area contributed by atoms with Crippen molar-refractivity contribution in [1.29, 1.82) is 0 Å². The summed E-state index contributed by atoms with van der Waals surface area (Å²) in [5.41, 5.74) is 0.859. The number of halogens is 1. The van der Waals surface area contributed by atoms with Crippen LogP contribution in [0.2, 0.25) is 5.02 Å². The van der Waals surface area contributed by atoms with Crippen LogP contribution in [0.25, 0.3) is 0 Å². The van der Waals surface area contributed by atoms with E-state index < -0.39 is 15.6 Å². The molecule has 7 heteroatoms. The van der Waals surface area contributed by atoms with Gasteiger partial charge in [0, 0.05) is 24.7 Å². The molecule has 132 valence electrons. The van der Waals surface area contributed by atoms with E-state index in [1.807, 2.05) is 18.2 Å². The van der Waals surface area contributed by atoms with Gasteiger partial charge in [0.25, 0.3) is 0 Å². The molecular formula is C17H23ClN2O3S. The van der Waals surface area contributed by atoms with Crippen LogP contribution in [0.5, 0.6) is 0 Å². The molecule has 1 aliphatic carbocycles. The van der Waals surface area contributed by atoms with Gasteiger partial charge in [-0.25, -0.2) is 8.42 Å². The molecule has 0 spiro atoms. The number of benzene rings is 1. The van der Waals surface area contributed by atoms with Gasteiger partial charge in [0.2, 0.25) is 5.91 Å². The Hall–Kier alpha value is -1.11. The van der Waals surface area contributed by atoms with Crippen molar-refractivity contribution in [1.82, 2.24) is 10.2 Å². The average molecular weight is 371 g/mol. The molecule has 2 fully saturated rings. The second kappa shape index (κ2) is 7.42. The number of nitrogens with one attached hydrogen (secondary N) is 1. The zero-order valence-electron chi connectivity index (χ0n) is 13.6. The highest BCUT2D eigenvalue weighted by Crippen LogP contribution is 2.30. The highest BCUT2D eigenvalue weighted by molar-refractivity contribution is 7.92. The highest BCUT2D eigenvalue weighted by Gasteiger charge is 2.35. The first-order valence-electron chi connectivity index (χ1n) is 8.45. The first-order chi connectivity index (χ1) is 11.5. The van der Waals surface area contributed by atoms with Gasteiger partial charge in [-0.15, -0.1) is 0 Å². The molecule has 0 bridgehead atoms. The molecule has 1 aromatic rings. The third kappa shape index (κ3) is 3.76. The van der Waals surface area contributed by atoms with Crippen LogP contribution in [0.4, 0.5) is 0 Å². The molecule has 0 radical (unpaired) electrons. The smallest absolute Gasteiger partial charge is 0.238 e. The van der Waals surface area contributed by atoms with E-state index in [9.17, 15) is 13.2 Å². The summed E-state index contributed by atoms with van der Waals surface area (Å²) in [4.78, 5) is 14.4. The van der Waals surface area contributed by atoms with Gasteiger partial charge >= 0.3 is 0 Å². The van der Waals surface area contributed by atoms with E-state index in [4.69, 9.17) is 11.6 Å². The van der Waals surface area contributed by atoms with Crippen LogP contribution >= 0.6 is 11.6 Å². The number of carbonyl (C=O) groups is 1. The molecule has 2 aliphatic rings. The van der Waals surface area contributed by atoms with Crippen LogP contribution in [0.3, 0.4) is 0 Å². The maximum atomic E-state index is 12.7. The molecule has 1 atom stereocenters. The lowest BCUT2D eigenvalue weighted by Gasteiger charge is -2.37. The maximum absolute atomic E-state index is 12.7. The van der Waals surface area contributed by atoms with Crippen molar-refractivity contribution < 1.29 is 13.2 Å². The fourth-order valence-electron chi connectivity index (χ4n) is 3.65. The van der Waals surface area contributed by atoms with Crippen molar-refractivity contribution in [2.45, 2.75) is 37.0 Å². The maximum Gasteiger partial charge on any atom is 0.238 e. The van der Waals surface area contributed by atoms with Crippen LogP contribution in [0, 0.1) is 0 Å². The summed E-state index contributed by atoms with van der Waals surface area (Å²) < 4.78 is 25.0. The Morgan fingerprint density at radius 3 is 2.67 bits per heavy atom. The fourth-order valence-corrected chi connectivity index (χ4v) is 5.71. The summed E-state index contributed by atoms with van der Waals surface area (Å²) in [6.45, 7) is 1.74. The molecule has 1 saturated heterocycles. The molecular weight excluding hydrogens is 348 g/mol. The predicted octanol–water partition coefficient (Wildman–Crippen LogP) is 2.17. The number of hydrogen-bond acceptors (Lipinski definition) is 4. The van der Waals surface area contributed by atoms with Crippen molar-refractivity contribution in [2.24, 2.45) is 0 Å². The number of carbonyl (C=O) groups excluding carboxylic acids is 1. The molecule has 0 aromatic heterocycles. The molecule has 1 aromatic carbocycles. The lowest BCUT2D eigenvalue weighted by Crippen LogP contribution is -2.50. The Morgan fingerprint density at radius 1 is 1.25 bits per heavy atom. The van der Waals surface area contributed by atoms with Crippen molar-refractivity contribution in [3.8, 4) is 0 Å². The lowest BCUT2D eigenvalue weighted by atomic mass is 10.0. The SMILES string of the molecule is O=C(CS(=O)(=O)C1CCCC1)N1CCNCC1c1ccccc1Cl. The predicted molar refractivity (Wildman–Crippen MR) is 94.8 cm³/mol. The second-order valence-electron chi connectivity index (χ2n) is 6.54. The Morgan fingerprint density at radius 2 is 1.96 bits per heavy atom. The summed E-state index contributed by atoms with van der Waals surface area (Å²) >= 11 is 6.28. The highest BCUT2D eigenvalue weighted by atomic mass is 35.5. The van der Waals surface area contributed by atoms with Crippen LogP contribution in [-0.2, 0) is 14.6 Å². The lowest BCUT2D eigenvalue weighted by molar-refractivity contribution is -0.131. The summed E-state index contributed by atoms with van der Waals surface area (Å²) in [7, 11) is -3.37. The molecule has 1 unspecified atom stereocenters. The third-order valence-corrected chi connectivity index (χ3v) is 7.44. The van der Waals surface area contributed by atoms with E-state index >= 15 is 0 Å². The number of amides is 1. The summed E-state index contributed by atoms with van der Waals surface area (Å²) in [5, 5.41) is 3.52. The van der Waals surface area contributed by atoms with E-state index in [2.05, 4.69) is 5.32 Å². The van der Waals surface area contributed by atoms with E-state index in [0.717, 1.165) is 18.4 Å². The van der Waals surface area contributed by atoms with Crippen LogP contribution < -0.4 is 5.32 Å². The molecule has 3 rings (SSSR count). The van der Waals surface area contributed by atoms with Crippen LogP contribution in [-0.4, -0.2) is 49.9 Å². The van der Waals surface area contributed by atoms with Gasteiger partial charge in [-0.2, -0.15) is 0 Å². The van der Waals surface area contributed by atoms with Gasteiger partial charge in [-0.1, -0.05) is 42.6 Å². The van der Waals surface area contributed by atoms with Crippen molar-refractivity contribution >= 4 is 27.3 Å². The molecule has 1 N–H and O–H groups in total. The standard InChI is InChI=1S/C17H23ClN2O3S/c18-15-8-4-3-7-14(15)16-11-19-9-10-20(16)17(21)12-24(22,23)13-5-1-2-6-13/h3-4,7-8,13,16,19H,1-2,5-6,9-12H2. The zero-order chi connectivity index (χ0) is 17.2. The van der Waals surface area contributed by atoms with Crippen molar-refractivity contribution in [3.05, 3.63) is 34.9 Å². The Labute approximate surface area is 148 Å². The topological polar surface area (TPSA) is 66.5 Å². The van der Waals surface area contributed by atoms with Crippen LogP contribution in [0.1, 0.15) is 37.3 Å². The number of piperazine rings is 1. The Bertz CT molecular complexity index is 702. The van der Waals surface area contributed by atoms with Gasteiger partial charge in [-0.05, 0) is 24.5 Å². The van der Waals surface area contributed by atoms with Gasteiger partial charge in [0.15, 0.2) is 9.84 Å². The molecule has 24 heavy (non-hydrogen) atoms. The van der Waals surface area contributed by atoms with Crippen molar-refractivity contribution in [3.63, 3.8) is 0 Å². The number of hydrogen-bond donors (Lipinski definition) is 1. The quantitative estimate of drug-likeness (QED) is 0.882. The minimum Gasteiger partial charge on any atom is -0.332 e. The summed E-state index contributed by atoms with van der Waals surface area (Å²) in [6.07, 6.45) is 3.25. The largest absolute Gasteiger partial charge is 0.332 e. The zero-order valence-corrected chi connectivity index (χ0v) is 15.2. The van der Waals surface area contributed by atoms with E-state index in [1.165, 1.54) is 0 Å². The number of rotatable bonds is 4. The van der Waals surface area contributed by atoms with Gasteiger partial charge in [-0.3, -0.25) is 4.79 Å². The first kappa shape index (κ1) is 17.7. The third-order valence-electron chi connectivity index (χ3n) is 4.96. The molecule has 1 heterocycles. The van der Waals surface area contributed by atoms with Crippen LogP contribution in [0.15, 0.2) is 24.3 Å². The second-order valence-corrected chi connectivity index (χ2v) is 9.23. The van der Waals surface area contributed by atoms with E-state index in [1.54, 1.807) is 11.0 Å². The molecule has 1 amide bonds. The normalized spacial score (nSPS) is 22.7. The van der Waals surface area contributed by atoms with Crippen molar-refractivity contribution in [2.75, 3.05) is 25.4 Å². The molecule has 1 aliphatic heterocycles. The molecule has 1 saturated carbocycles. The molecule has 5 nitrogen and oxygen atoms in total. The Kier molecular flexibility index (Phi) is 5.47. The van der Waals surface area contributed by atoms with E-state index in [0.29, 0.717) is 37.5 Å². The summed E-state index contributed by atoms with van der Waals surface area (Å²) in [5.74, 6) is -0.702.